The third-order valence-electron chi connectivity index (χ3n) is 4.29. The van der Waals surface area contributed by atoms with Crippen molar-refractivity contribution in [1.29, 1.82) is 0 Å². The number of imide groups is 1. The first kappa shape index (κ1) is 20.9. The summed E-state index contributed by atoms with van der Waals surface area (Å²) in [5.41, 5.74) is -9.44. The van der Waals surface area contributed by atoms with Crippen LogP contribution in [-0.4, -0.2) is 17.5 Å². The lowest BCUT2D eigenvalue weighted by molar-refractivity contribution is -0.143. The van der Waals surface area contributed by atoms with Crippen LogP contribution in [0.2, 0.25) is 0 Å². The Morgan fingerprint density at radius 2 is 1.34 bits per heavy atom. The summed E-state index contributed by atoms with van der Waals surface area (Å²) in [7, 11) is 0. The fourth-order valence-electron chi connectivity index (χ4n) is 2.92. The maximum absolute atomic E-state index is 14.9. The Morgan fingerprint density at radius 3 is 1.79 bits per heavy atom. The molecule has 3 nitrogen and oxygen atoms in total. The summed E-state index contributed by atoms with van der Waals surface area (Å²) < 4.78 is 133. The molecule has 2 unspecified atom stereocenters. The molecule has 1 aromatic rings. The molecule has 3 rings (SSSR count). The summed E-state index contributed by atoms with van der Waals surface area (Å²) in [4.78, 5) is 24.0. The average molecular weight is 433 g/mol. The minimum Gasteiger partial charge on any atom is -0.273 e. The normalized spacial score (nSPS) is 25.5. The number of amides is 2. The Balaban J connectivity index is 2.22. The highest BCUT2D eigenvalue weighted by Crippen LogP contribution is 2.49. The van der Waals surface area contributed by atoms with Crippen molar-refractivity contribution in [3.8, 4) is 0 Å². The van der Waals surface area contributed by atoms with Gasteiger partial charge in [-0.05, 0) is 24.3 Å². The summed E-state index contributed by atoms with van der Waals surface area (Å²) in [6.45, 7) is 0. The van der Waals surface area contributed by atoms with E-state index in [4.69, 9.17) is 0 Å². The van der Waals surface area contributed by atoms with E-state index in [0.29, 0.717) is 0 Å². The summed E-state index contributed by atoms with van der Waals surface area (Å²) in [5, 5.41) is 0. The maximum Gasteiger partial charge on any atom is 0.416 e. The van der Waals surface area contributed by atoms with Gasteiger partial charge in [0.25, 0.3) is 11.6 Å². The Bertz CT molecular complexity index is 958. The smallest absolute Gasteiger partial charge is 0.273 e. The van der Waals surface area contributed by atoms with Crippen LogP contribution in [0.3, 0.4) is 0 Å². The fourth-order valence-corrected chi connectivity index (χ4v) is 2.92. The van der Waals surface area contributed by atoms with Gasteiger partial charge in [0.15, 0.2) is 17.5 Å². The predicted molar refractivity (Wildman–Crippen MR) is 74.7 cm³/mol. The second-order valence-corrected chi connectivity index (χ2v) is 6.07. The van der Waals surface area contributed by atoms with Gasteiger partial charge in [-0.15, -0.1) is 0 Å². The van der Waals surface area contributed by atoms with Gasteiger partial charge in [-0.2, -0.15) is 26.3 Å². The molecule has 0 bridgehead atoms. The molecule has 13 heteroatoms. The number of anilines is 1. The minimum atomic E-state index is -5.37. The molecule has 2 aliphatic rings. The molecule has 0 saturated carbocycles. The highest BCUT2D eigenvalue weighted by Gasteiger charge is 2.66. The molecule has 1 aliphatic carbocycles. The Labute approximate surface area is 153 Å². The van der Waals surface area contributed by atoms with E-state index in [1.807, 2.05) is 0 Å². The zero-order chi connectivity index (χ0) is 22.1. The largest absolute Gasteiger partial charge is 0.416 e. The topological polar surface area (TPSA) is 37.4 Å². The molecule has 1 saturated heterocycles. The zero-order valence-corrected chi connectivity index (χ0v) is 13.4. The van der Waals surface area contributed by atoms with E-state index in [0.717, 1.165) is 0 Å². The van der Waals surface area contributed by atoms with E-state index in [2.05, 4.69) is 0 Å². The van der Waals surface area contributed by atoms with Gasteiger partial charge < -0.3 is 0 Å². The van der Waals surface area contributed by atoms with Crippen LogP contribution in [0.5, 0.6) is 0 Å². The van der Waals surface area contributed by atoms with E-state index < -0.39 is 74.9 Å². The van der Waals surface area contributed by atoms with Crippen LogP contribution in [0, 0.1) is 5.92 Å². The zero-order valence-electron chi connectivity index (χ0n) is 13.4. The molecule has 0 aromatic heterocycles. The fraction of sp³-hybridized carbons (Fsp3) is 0.250. The number of nitrogens with zero attached hydrogens (tertiary/aromatic N) is 1. The number of fused-ring (bicyclic) bond motifs is 1. The predicted octanol–water partition coefficient (Wildman–Crippen LogP) is 4.94. The van der Waals surface area contributed by atoms with E-state index >= 15 is 0 Å². The molecule has 29 heavy (non-hydrogen) atoms. The summed E-state index contributed by atoms with van der Waals surface area (Å²) in [5.74, 6) is -14.0. The first-order valence-electron chi connectivity index (χ1n) is 7.40. The van der Waals surface area contributed by atoms with Crippen LogP contribution in [0.4, 0.5) is 49.6 Å². The number of hydrogen-bond donors (Lipinski definition) is 0. The number of alkyl halides is 7. The van der Waals surface area contributed by atoms with Crippen molar-refractivity contribution in [2.24, 2.45) is 5.92 Å². The van der Waals surface area contributed by atoms with Crippen LogP contribution in [-0.2, 0) is 21.9 Å². The Morgan fingerprint density at radius 1 is 0.862 bits per heavy atom. The van der Waals surface area contributed by atoms with Gasteiger partial charge >= 0.3 is 12.4 Å². The second-order valence-electron chi connectivity index (χ2n) is 6.07. The molecule has 1 fully saturated rings. The maximum atomic E-state index is 14.9. The van der Waals surface area contributed by atoms with Crippen LogP contribution >= 0.6 is 0 Å². The van der Waals surface area contributed by atoms with E-state index in [1.54, 1.807) is 0 Å². The lowest BCUT2D eigenvalue weighted by atomic mass is 9.86. The van der Waals surface area contributed by atoms with Gasteiger partial charge in [0.2, 0.25) is 5.91 Å². The van der Waals surface area contributed by atoms with E-state index in [-0.39, 0.29) is 24.3 Å². The molecule has 2 amide bonds. The first-order valence-corrected chi connectivity index (χ1v) is 7.40. The van der Waals surface area contributed by atoms with Crippen molar-refractivity contribution in [2.45, 2.75) is 18.0 Å². The van der Waals surface area contributed by atoms with E-state index in [1.165, 1.54) is 0 Å². The summed E-state index contributed by atoms with van der Waals surface area (Å²) in [6.07, 6.45) is -10.9. The number of carbonyl (C=O) groups excluding carboxylic acids is 2. The molecular formula is C16H5F10NO2. The lowest BCUT2D eigenvalue weighted by Crippen LogP contribution is -2.41. The van der Waals surface area contributed by atoms with Gasteiger partial charge in [-0.25, -0.2) is 22.5 Å². The number of allylic oxidation sites excluding steroid dienone is 2. The van der Waals surface area contributed by atoms with Crippen molar-refractivity contribution in [2.75, 3.05) is 4.90 Å². The van der Waals surface area contributed by atoms with Crippen molar-refractivity contribution < 1.29 is 53.5 Å². The summed E-state index contributed by atoms with van der Waals surface area (Å²) >= 11 is 0. The van der Waals surface area contributed by atoms with E-state index in [9.17, 15) is 53.5 Å². The quantitative estimate of drug-likeness (QED) is 0.465. The Kier molecular flexibility index (Phi) is 4.36. The number of rotatable bonds is 1. The number of halogens is 10. The van der Waals surface area contributed by atoms with Gasteiger partial charge in [-0.3, -0.25) is 9.59 Å². The Hall–Kier alpha value is -2.86. The second kappa shape index (κ2) is 6.07. The molecular weight excluding hydrogens is 428 g/mol. The highest BCUT2D eigenvalue weighted by molar-refractivity contribution is 6.27. The molecule has 0 spiro atoms. The molecule has 1 aliphatic heterocycles. The number of carbonyl (C=O) groups is 2. The van der Waals surface area contributed by atoms with Crippen molar-refractivity contribution in [3.63, 3.8) is 0 Å². The first-order chi connectivity index (χ1) is 13.1. The van der Waals surface area contributed by atoms with Gasteiger partial charge in [0.1, 0.15) is 5.92 Å². The summed E-state index contributed by atoms with van der Waals surface area (Å²) in [6, 6.07) is -0.486. The lowest BCUT2D eigenvalue weighted by Gasteiger charge is -2.23. The minimum absolute atomic E-state index is 0.0796. The van der Waals surface area contributed by atoms with Gasteiger partial charge in [-0.1, -0.05) is 0 Å². The third-order valence-corrected chi connectivity index (χ3v) is 4.29. The van der Waals surface area contributed by atoms with Crippen molar-refractivity contribution in [1.82, 2.24) is 0 Å². The molecule has 0 N–H and O–H groups in total. The van der Waals surface area contributed by atoms with Crippen molar-refractivity contribution in [3.05, 3.63) is 52.9 Å². The van der Waals surface area contributed by atoms with Crippen molar-refractivity contribution >= 4 is 17.5 Å². The monoisotopic (exact) mass is 433 g/mol. The standard InChI is InChI=1S/C16H5F10NO2/c17-9-4-8-12(28)27(13(29)14(8,20)11(19)10(9)18)7-2-5(15(21,22)23)1-6(3-7)16(24,25)26/h1-4,8H. The average Bonchev–Trinajstić information content (AvgIpc) is 2.79. The number of benzene rings is 1. The van der Waals surface area contributed by atoms with Gasteiger partial charge in [0, 0.05) is 0 Å². The SMILES string of the molecule is O=C1C2C=C(F)C(F)=C(F)C2(F)C(=O)N1c1cc(C(F)(F)F)cc(C(F)(F)F)c1. The molecule has 1 aromatic carbocycles. The molecule has 2 atom stereocenters. The van der Waals surface area contributed by atoms with Crippen LogP contribution < -0.4 is 4.90 Å². The molecule has 156 valence electrons. The number of hydrogen-bond acceptors (Lipinski definition) is 2. The molecule has 0 radical (unpaired) electrons. The highest BCUT2D eigenvalue weighted by atomic mass is 19.4. The third kappa shape index (κ3) is 2.99. The van der Waals surface area contributed by atoms with Crippen LogP contribution in [0.15, 0.2) is 41.8 Å². The van der Waals surface area contributed by atoms with Gasteiger partial charge in [0.05, 0.1) is 16.8 Å². The van der Waals surface area contributed by atoms with Crippen LogP contribution in [0.1, 0.15) is 11.1 Å². The van der Waals surface area contributed by atoms with Crippen LogP contribution in [0.25, 0.3) is 0 Å². The molecule has 1 heterocycles.